The maximum absolute atomic E-state index is 12.1. The average molecular weight is 370 g/mol. The SMILES string of the molecule is CC(NC(=O)NCC(c1ccco1)N(C)C)c1ccc(Cl)c(Cl)c1. The van der Waals surface area contributed by atoms with E-state index in [4.69, 9.17) is 27.6 Å². The Morgan fingerprint density at radius 2 is 2.00 bits per heavy atom. The molecule has 1 heterocycles. The van der Waals surface area contributed by atoms with Crippen LogP contribution in [-0.4, -0.2) is 31.6 Å². The zero-order valence-corrected chi connectivity index (χ0v) is 15.4. The highest BCUT2D eigenvalue weighted by atomic mass is 35.5. The zero-order valence-electron chi connectivity index (χ0n) is 13.8. The number of halogens is 2. The van der Waals surface area contributed by atoms with Gasteiger partial charge in [0.15, 0.2) is 0 Å². The Labute approximate surface area is 151 Å². The predicted molar refractivity (Wildman–Crippen MR) is 96.5 cm³/mol. The van der Waals surface area contributed by atoms with E-state index in [-0.39, 0.29) is 18.1 Å². The molecule has 0 aliphatic carbocycles. The summed E-state index contributed by atoms with van der Waals surface area (Å²) in [4.78, 5) is 14.1. The molecule has 2 N–H and O–H groups in total. The van der Waals surface area contributed by atoms with Crippen molar-refractivity contribution >= 4 is 29.2 Å². The topological polar surface area (TPSA) is 57.5 Å². The minimum absolute atomic E-state index is 0.0361. The zero-order chi connectivity index (χ0) is 17.7. The number of hydrogen-bond donors (Lipinski definition) is 2. The molecule has 0 radical (unpaired) electrons. The van der Waals surface area contributed by atoms with Crippen molar-refractivity contribution in [1.29, 1.82) is 0 Å². The molecular weight excluding hydrogens is 349 g/mol. The van der Waals surface area contributed by atoms with E-state index in [1.54, 1.807) is 18.4 Å². The third-order valence-electron chi connectivity index (χ3n) is 3.74. The fraction of sp³-hybridized carbons (Fsp3) is 0.353. The van der Waals surface area contributed by atoms with Gasteiger partial charge in [-0.15, -0.1) is 0 Å². The Morgan fingerprint density at radius 1 is 1.25 bits per heavy atom. The van der Waals surface area contributed by atoms with Gasteiger partial charge < -0.3 is 15.1 Å². The van der Waals surface area contributed by atoms with E-state index in [0.717, 1.165) is 11.3 Å². The van der Waals surface area contributed by atoms with Gasteiger partial charge in [-0.1, -0.05) is 29.3 Å². The second-order valence-electron chi connectivity index (χ2n) is 5.74. The summed E-state index contributed by atoms with van der Waals surface area (Å²) < 4.78 is 5.42. The quantitative estimate of drug-likeness (QED) is 0.799. The number of nitrogens with zero attached hydrogens (tertiary/aromatic N) is 1. The minimum atomic E-state index is -0.257. The van der Waals surface area contributed by atoms with Crippen LogP contribution in [0.5, 0.6) is 0 Å². The molecule has 1 aromatic carbocycles. The molecule has 0 saturated carbocycles. The smallest absolute Gasteiger partial charge is 0.315 e. The molecule has 0 spiro atoms. The molecule has 2 unspecified atom stereocenters. The summed E-state index contributed by atoms with van der Waals surface area (Å²) in [6.45, 7) is 2.32. The lowest BCUT2D eigenvalue weighted by atomic mass is 10.1. The summed E-state index contributed by atoms with van der Waals surface area (Å²) in [7, 11) is 3.87. The van der Waals surface area contributed by atoms with Gasteiger partial charge in [0.1, 0.15) is 5.76 Å². The number of amides is 2. The number of likely N-dealkylation sites (N-methyl/N-ethyl adjacent to an activating group) is 1. The molecule has 0 saturated heterocycles. The van der Waals surface area contributed by atoms with Crippen LogP contribution in [0.4, 0.5) is 4.79 Å². The summed E-state index contributed by atoms with van der Waals surface area (Å²) in [5.41, 5.74) is 0.884. The van der Waals surface area contributed by atoms with Crippen molar-refractivity contribution in [2.24, 2.45) is 0 Å². The normalized spacial score (nSPS) is 13.6. The highest BCUT2D eigenvalue weighted by molar-refractivity contribution is 6.42. The molecule has 2 rings (SSSR count). The highest BCUT2D eigenvalue weighted by Gasteiger charge is 2.18. The van der Waals surface area contributed by atoms with Crippen LogP contribution >= 0.6 is 23.2 Å². The van der Waals surface area contributed by atoms with E-state index < -0.39 is 0 Å². The summed E-state index contributed by atoms with van der Waals surface area (Å²) in [5.74, 6) is 0.804. The lowest BCUT2D eigenvalue weighted by Crippen LogP contribution is -2.41. The van der Waals surface area contributed by atoms with Gasteiger partial charge in [0, 0.05) is 6.54 Å². The molecule has 0 aliphatic heterocycles. The number of nitrogens with one attached hydrogen (secondary N) is 2. The number of furan rings is 1. The molecule has 2 aromatic rings. The van der Waals surface area contributed by atoms with Crippen LogP contribution in [0.15, 0.2) is 41.0 Å². The molecule has 2 atom stereocenters. The number of benzene rings is 1. The van der Waals surface area contributed by atoms with Crippen molar-refractivity contribution in [3.63, 3.8) is 0 Å². The highest BCUT2D eigenvalue weighted by Crippen LogP contribution is 2.25. The molecule has 24 heavy (non-hydrogen) atoms. The molecule has 0 bridgehead atoms. The van der Waals surface area contributed by atoms with Gasteiger partial charge in [0.05, 0.1) is 28.4 Å². The standard InChI is InChI=1S/C17H21Cl2N3O2/c1-11(12-6-7-13(18)14(19)9-12)21-17(23)20-10-15(22(2)3)16-5-4-8-24-16/h4-9,11,15H,10H2,1-3H3,(H2,20,21,23). The predicted octanol–water partition coefficient (Wildman–Crippen LogP) is 4.25. The lowest BCUT2D eigenvalue weighted by molar-refractivity contribution is 0.223. The summed E-state index contributed by atoms with van der Waals surface area (Å²) in [5, 5.41) is 6.71. The third kappa shape index (κ3) is 4.90. The monoisotopic (exact) mass is 369 g/mol. The fourth-order valence-electron chi connectivity index (χ4n) is 2.32. The molecule has 0 fully saturated rings. The third-order valence-corrected chi connectivity index (χ3v) is 4.48. The molecule has 0 aliphatic rings. The summed E-state index contributed by atoms with van der Waals surface area (Å²) in [6.07, 6.45) is 1.62. The minimum Gasteiger partial charge on any atom is -0.468 e. The van der Waals surface area contributed by atoms with Gasteiger partial charge >= 0.3 is 6.03 Å². The number of hydrogen-bond acceptors (Lipinski definition) is 3. The van der Waals surface area contributed by atoms with Gasteiger partial charge in [-0.25, -0.2) is 4.79 Å². The summed E-state index contributed by atoms with van der Waals surface area (Å²) >= 11 is 11.9. The lowest BCUT2D eigenvalue weighted by Gasteiger charge is -2.23. The Morgan fingerprint density at radius 3 is 2.58 bits per heavy atom. The Balaban J connectivity index is 1.91. The van der Waals surface area contributed by atoms with Crippen molar-refractivity contribution in [2.45, 2.75) is 19.0 Å². The Hall–Kier alpha value is -1.69. The van der Waals surface area contributed by atoms with Gasteiger partial charge in [0.2, 0.25) is 0 Å². The van der Waals surface area contributed by atoms with Crippen LogP contribution in [0, 0.1) is 0 Å². The van der Waals surface area contributed by atoms with E-state index in [0.29, 0.717) is 16.6 Å². The first-order valence-electron chi connectivity index (χ1n) is 7.57. The van der Waals surface area contributed by atoms with E-state index in [9.17, 15) is 4.79 Å². The number of urea groups is 1. The molecule has 7 heteroatoms. The number of carbonyl (C=O) groups is 1. The van der Waals surface area contributed by atoms with Crippen LogP contribution < -0.4 is 10.6 Å². The van der Waals surface area contributed by atoms with E-state index in [1.165, 1.54) is 0 Å². The average Bonchev–Trinajstić information content (AvgIpc) is 3.03. The second kappa shape index (κ2) is 8.42. The van der Waals surface area contributed by atoms with Crippen LogP contribution in [0.1, 0.15) is 30.3 Å². The number of carbonyl (C=O) groups excluding carboxylic acids is 1. The first-order chi connectivity index (χ1) is 11.4. The van der Waals surface area contributed by atoms with Crippen molar-refractivity contribution in [3.05, 3.63) is 58.0 Å². The van der Waals surface area contributed by atoms with Crippen LogP contribution in [0.2, 0.25) is 10.0 Å². The van der Waals surface area contributed by atoms with Gasteiger partial charge in [-0.3, -0.25) is 4.90 Å². The fourth-order valence-corrected chi connectivity index (χ4v) is 2.63. The summed E-state index contributed by atoms with van der Waals surface area (Å²) in [6, 6.07) is 8.54. The largest absolute Gasteiger partial charge is 0.468 e. The first-order valence-corrected chi connectivity index (χ1v) is 8.33. The van der Waals surface area contributed by atoms with Crippen LogP contribution in [0.25, 0.3) is 0 Å². The van der Waals surface area contributed by atoms with Crippen molar-refractivity contribution in [3.8, 4) is 0 Å². The van der Waals surface area contributed by atoms with Crippen LogP contribution in [-0.2, 0) is 0 Å². The van der Waals surface area contributed by atoms with E-state index >= 15 is 0 Å². The van der Waals surface area contributed by atoms with Crippen molar-refractivity contribution in [1.82, 2.24) is 15.5 Å². The molecule has 130 valence electrons. The molecule has 2 amide bonds. The first kappa shape index (κ1) is 18.6. The Kier molecular flexibility index (Phi) is 6.54. The molecule has 5 nitrogen and oxygen atoms in total. The molecule has 1 aromatic heterocycles. The molecular formula is C17H21Cl2N3O2. The van der Waals surface area contributed by atoms with E-state index in [1.807, 2.05) is 44.1 Å². The van der Waals surface area contributed by atoms with Crippen LogP contribution in [0.3, 0.4) is 0 Å². The maximum Gasteiger partial charge on any atom is 0.315 e. The number of rotatable bonds is 6. The second-order valence-corrected chi connectivity index (χ2v) is 6.56. The van der Waals surface area contributed by atoms with Crippen molar-refractivity contribution in [2.75, 3.05) is 20.6 Å². The van der Waals surface area contributed by atoms with Gasteiger partial charge in [0.25, 0.3) is 0 Å². The Bertz CT molecular complexity index is 674. The van der Waals surface area contributed by atoms with E-state index in [2.05, 4.69) is 10.6 Å². The van der Waals surface area contributed by atoms with Gasteiger partial charge in [-0.2, -0.15) is 0 Å². The van der Waals surface area contributed by atoms with Gasteiger partial charge in [-0.05, 0) is 50.8 Å². The maximum atomic E-state index is 12.1. The van der Waals surface area contributed by atoms with Crippen molar-refractivity contribution < 1.29 is 9.21 Å².